The number of hydrogen-bond donors (Lipinski definition) is 3. The van der Waals surface area contributed by atoms with Crippen molar-refractivity contribution in [3.8, 4) is 0 Å². The Labute approximate surface area is 199 Å². The molecule has 174 valence electrons. The Hall–Kier alpha value is -3.16. The average molecular weight is 468 g/mol. The zero-order valence-corrected chi connectivity index (χ0v) is 20.2. The second kappa shape index (κ2) is 11.1. The van der Waals surface area contributed by atoms with Crippen LogP contribution in [0.3, 0.4) is 0 Å². The zero-order chi connectivity index (χ0) is 23.8. The van der Waals surface area contributed by atoms with E-state index in [0.29, 0.717) is 29.6 Å². The standard InChI is InChI=1S/C25H30ClN5O2/c1-25(2,3)33-24(32)29-14-18-9-7-8-17(12-18)13-22-28-16-20(26)23(31-22)30-21-11-6-5-10-19(21)15-27-4/h5-12,16,27H,13-15H2,1-4H3,(H,29,32)(H,28,30,31). The van der Waals surface area contributed by atoms with Gasteiger partial charge >= 0.3 is 6.09 Å². The van der Waals surface area contributed by atoms with Gasteiger partial charge in [0.1, 0.15) is 16.4 Å². The molecule has 0 atom stereocenters. The summed E-state index contributed by atoms with van der Waals surface area (Å²) < 4.78 is 5.29. The lowest BCUT2D eigenvalue weighted by atomic mass is 10.1. The average Bonchev–Trinajstić information content (AvgIpc) is 2.75. The second-order valence-corrected chi connectivity index (χ2v) is 9.05. The molecule has 33 heavy (non-hydrogen) atoms. The van der Waals surface area contributed by atoms with E-state index in [2.05, 4.69) is 25.9 Å². The third kappa shape index (κ3) is 7.73. The molecule has 0 aliphatic rings. The van der Waals surface area contributed by atoms with E-state index in [1.165, 1.54) is 0 Å². The SMILES string of the molecule is CNCc1ccccc1Nc1nc(Cc2cccc(CNC(=O)OC(C)(C)C)c2)ncc1Cl. The van der Waals surface area contributed by atoms with Crippen LogP contribution in [0, 0.1) is 0 Å². The molecule has 3 N–H and O–H groups in total. The third-order valence-corrected chi connectivity index (χ3v) is 4.90. The quantitative estimate of drug-likeness (QED) is 0.421. The normalized spacial score (nSPS) is 11.2. The fourth-order valence-corrected chi connectivity index (χ4v) is 3.35. The highest BCUT2D eigenvalue weighted by atomic mass is 35.5. The number of aromatic nitrogens is 2. The molecule has 1 amide bonds. The number of ether oxygens (including phenoxy) is 1. The summed E-state index contributed by atoms with van der Waals surface area (Å²) in [5.74, 6) is 1.21. The fourth-order valence-electron chi connectivity index (χ4n) is 3.21. The lowest BCUT2D eigenvalue weighted by Crippen LogP contribution is -2.32. The molecule has 3 rings (SSSR count). The summed E-state index contributed by atoms with van der Waals surface area (Å²) in [4.78, 5) is 21.0. The summed E-state index contributed by atoms with van der Waals surface area (Å²) >= 11 is 6.37. The van der Waals surface area contributed by atoms with Gasteiger partial charge in [-0.05, 0) is 50.6 Å². The molecule has 1 aromatic heterocycles. The summed E-state index contributed by atoms with van der Waals surface area (Å²) in [5.41, 5.74) is 3.51. The van der Waals surface area contributed by atoms with Crippen molar-refractivity contribution in [2.75, 3.05) is 12.4 Å². The van der Waals surface area contributed by atoms with Gasteiger partial charge in [-0.15, -0.1) is 0 Å². The van der Waals surface area contributed by atoms with Gasteiger partial charge in [-0.2, -0.15) is 0 Å². The Morgan fingerprint density at radius 1 is 1.06 bits per heavy atom. The van der Waals surface area contributed by atoms with Crippen LogP contribution in [-0.2, 0) is 24.2 Å². The molecule has 2 aromatic carbocycles. The van der Waals surface area contributed by atoms with Crippen molar-refractivity contribution in [2.45, 2.75) is 45.9 Å². The molecular weight excluding hydrogens is 438 g/mol. The van der Waals surface area contributed by atoms with Crippen LogP contribution in [0.5, 0.6) is 0 Å². The zero-order valence-electron chi connectivity index (χ0n) is 19.4. The maximum absolute atomic E-state index is 11.9. The number of halogens is 1. The number of rotatable bonds is 8. The number of hydrogen-bond acceptors (Lipinski definition) is 6. The van der Waals surface area contributed by atoms with Crippen molar-refractivity contribution in [3.05, 3.63) is 82.3 Å². The molecule has 0 spiro atoms. The number of nitrogens with one attached hydrogen (secondary N) is 3. The minimum atomic E-state index is -0.531. The van der Waals surface area contributed by atoms with Crippen molar-refractivity contribution in [1.29, 1.82) is 0 Å². The molecule has 8 heteroatoms. The Bertz CT molecular complexity index is 1100. The number of alkyl carbamates (subject to hydrolysis) is 1. The number of carbonyl (C=O) groups is 1. The summed E-state index contributed by atoms with van der Waals surface area (Å²) in [6.45, 7) is 6.60. The van der Waals surface area contributed by atoms with Crippen molar-refractivity contribution in [3.63, 3.8) is 0 Å². The van der Waals surface area contributed by atoms with Crippen LogP contribution in [0.25, 0.3) is 0 Å². The molecule has 0 unspecified atom stereocenters. The minimum absolute atomic E-state index is 0.374. The molecular formula is C25H30ClN5O2. The van der Waals surface area contributed by atoms with E-state index in [1.807, 2.05) is 76.3 Å². The summed E-state index contributed by atoms with van der Waals surface area (Å²) in [5, 5.41) is 9.73. The first-order valence-electron chi connectivity index (χ1n) is 10.8. The number of carbonyl (C=O) groups excluding carboxylic acids is 1. The monoisotopic (exact) mass is 467 g/mol. The van der Waals surface area contributed by atoms with Crippen LogP contribution in [0.2, 0.25) is 5.02 Å². The van der Waals surface area contributed by atoms with Crippen molar-refractivity contribution < 1.29 is 9.53 Å². The van der Waals surface area contributed by atoms with E-state index in [4.69, 9.17) is 16.3 Å². The third-order valence-electron chi connectivity index (χ3n) is 4.62. The highest BCUT2D eigenvalue weighted by molar-refractivity contribution is 6.32. The smallest absolute Gasteiger partial charge is 0.407 e. The van der Waals surface area contributed by atoms with E-state index in [-0.39, 0.29) is 0 Å². The van der Waals surface area contributed by atoms with Crippen LogP contribution < -0.4 is 16.0 Å². The lowest BCUT2D eigenvalue weighted by molar-refractivity contribution is 0.0523. The molecule has 0 saturated heterocycles. The predicted molar refractivity (Wildman–Crippen MR) is 132 cm³/mol. The van der Waals surface area contributed by atoms with Gasteiger partial charge in [-0.25, -0.2) is 14.8 Å². The minimum Gasteiger partial charge on any atom is -0.444 e. The van der Waals surface area contributed by atoms with Crippen LogP contribution in [0.4, 0.5) is 16.3 Å². The van der Waals surface area contributed by atoms with Crippen molar-refractivity contribution in [1.82, 2.24) is 20.6 Å². The molecule has 0 bridgehead atoms. The van der Waals surface area contributed by atoms with Gasteiger partial charge in [-0.3, -0.25) is 0 Å². The predicted octanol–water partition coefficient (Wildman–Crippen LogP) is 5.21. The van der Waals surface area contributed by atoms with E-state index < -0.39 is 11.7 Å². The van der Waals surface area contributed by atoms with E-state index in [1.54, 1.807) is 6.20 Å². The summed E-state index contributed by atoms with van der Waals surface area (Å²) in [7, 11) is 1.91. The number of benzene rings is 2. The van der Waals surface area contributed by atoms with Gasteiger partial charge < -0.3 is 20.7 Å². The van der Waals surface area contributed by atoms with E-state index in [0.717, 1.165) is 28.9 Å². The number of nitrogens with zero attached hydrogens (tertiary/aromatic N) is 2. The maximum Gasteiger partial charge on any atom is 0.407 e. The van der Waals surface area contributed by atoms with E-state index in [9.17, 15) is 4.79 Å². The van der Waals surface area contributed by atoms with Gasteiger partial charge in [0.05, 0.1) is 6.20 Å². The van der Waals surface area contributed by atoms with Gasteiger partial charge in [0.2, 0.25) is 0 Å². The molecule has 7 nitrogen and oxygen atoms in total. The molecule has 1 heterocycles. The van der Waals surface area contributed by atoms with Crippen molar-refractivity contribution >= 4 is 29.2 Å². The Kier molecular flexibility index (Phi) is 8.25. The first-order valence-corrected chi connectivity index (χ1v) is 11.2. The van der Waals surface area contributed by atoms with Gasteiger partial charge in [0, 0.05) is 25.2 Å². The van der Waals surface area contributed by atoms with Gasteiger partial charge in [-0.1, -0.05) is 54.1 Å². The fraction of sp³-hybridized carbons (Fsp3) is 0.320. The molecule has 0 fully saturated rings. The molecule has 0 aliphatic carbocycles. The van der Waals surface area contributed by atoms with Crippen LogP contribution in [-0.4, -0.2) is 28.7 Å². The Balaban J connectivity index is 1.69. The molecule has 0 aliphatic heterocycles. The molecule has 3 aromatic rings. The number of para-hydroxylation sites is 1. The highest BCUT2D eigenvalue weighted by Gasteiger charge is 2.16. The number of amides is 1. The summed E-state index contributed by atoms with van der Waals surface area (Å²) in [6.07, 6.45) is 1.70. The van der Waals surface area contributed by atoms with E-state index >= 15 is 0 Å². The first kappa shape index (κ1) is 24.5. The van der Waals surface area contributed by atoms with Crippen molar-refractivity contribution in [2.24, 2.45) is 0 Å². The second-order valence-electron chi connectivity index (χ2n) is 8.65. The Morgan fingerprint density at radius 2 is 1.82 bits per heavy atom. The topological polar surface area (TPSA) is 88.2 Å². The maximum atomic E-state index is 11.9. The molecule has 0 saturated carbocycles. The van der Waals surface area contributed by atoms with Crippen LogP contribution in [0.15, 0.2) is 54.7 Å². The lowest BCUT2D eigenvalue weighted by Gasteiger charge is -2.19. The van der Waals surface area contributed by atoms with Gasteiger partial charge in [0.25, 0.3) is 0 Å². The first-order chi connectivity index (χ1) is 15.7. The largest absolute Gasteiger partial charge is 0.444 e. The highest BCUT2D eigenvalue weighted by Crippen LogP contribution is 2.25. The van der Waals surface area contributed by atoms with Gasteiger partial charge in [0.15, 0.2) is 5.82 Å². The Morgan fingerprint density at radius 3 is 2.58 bits per heavy atom. The summed E-state index contributed by atoms with van der Waals surface area (Å²) in [6, 6.07) is 15.9. The van der Waals surface area contributed by atoms with Crippen LogP contribution >= 0.6 is 11.6 Å². The van der Waals surface area contributed by atoms with Crippen LogP contribution in [0.1, 0.15) is 43.3 Å². The number of anilines is 2. The molecule has 0 radical (unpaired) electrons.